The molecule has 1 aromatic rings. The average molecular weight is 307 g/mol. The predicted octanol–water partition coefficient (Wildman–Crippen LogP) is 3.87. The van der Waals surface area contributed by atoms with Gasteiger partial charge in [0.25, 0.3) is 0 Å². The van der Waals surface area contributed by atoms with E-state index in [1.807, 2.05) is 6.07 Å². The number of benzene rings is 1. The topological polar surface area (TPSA) is 40.5 Å². The van der Waals surface area contributed by atoms with Crippen LogP contribution in [0.4, 0.5) is 4.39 Å². The molecule has 0 bridgehead atoms. The smallest absolute Gasteiger partial charge is 0.303 e. The van der Waals surface area contributed by atoms with E-state index in [-0.39, 0.29) is 12.2 Å². The largest absolute Gasteiger partial charge is 0.481 e. The maximum absolute atomic E-state index is 13.2. The number of aliphatic carboxylic acids is 1. The van der Waals surface area contributed by atoms with E-state index in [4.69, 9.17) is 5.11 Å². The van der Waals surface area contributed by atoms with Crippen molar-refractivity contribution in [2.45, 2.75) is 57.4 Å². The first-order valence-electron chi connectivity index (χ1n) is 8.35. The number of rotatable bonds is 9. The molecule has 0 aliphatic heterocycles. The third-order valence-electron chi connectivity index (χ3n) is 4.50. The highest BCUT2D eigenvalue weighted by atomic mass is 19.1. The van der Waals surface area contributed by atoms with Crippen molar-refractivity contribution >= 4 is 5.97 Å². The molecule has 1 aliphatic rings. The highest BCUT2D eigenvalue weighted by molar-refractivity contribution is 5.66. The first-order valence-corrected chi connectivity index (χ1v) is 8.35. The summed E-state index contributed by atoms with van der Waals surface area (Å²) in [5.74, 6) is -0.890. The van der Waals surface area contributed by atoms with Gasteiger partial charge in [0.15, 0.2) is 0 Å². The van der Waals surface area contributed by atoms with E-state index in [1.165, 1.54) is 31.7 Å². The van der Waals surface area contributed by atoms with Crippen LogP contribution in [0.2, 0.25) is 0 Å². The number of unbranched alkanes of at least 4 members (excludes halogenated alkanes) is 1. The van der Waals surface area contributed by atoms with Gasteiger partial charge in [0.05, 0.1) is 0 Å². The van der Waals surface area contributed by atoms with Crippen LogP contribution in [-0.4, -0.2) is 35.1 Å². The number of carboxylic acids is 1. The van der Waals surface area contributed by atoms with Gasteiger partial charge in [-0.2, -0.15) is 0 Å². The molecule has 1 fully saturated rings. The van der Waals surface area contributed by atoms with Crippen molar-refractivity contribution in [2.75, 3.05) is 13.1 Å². The van der Waals surface area contributed by atoms with Crippen molar-refractivity contribution < 1.29 is 14.3 Å². The van der Waals surface area contributed by atoms with Crippen LogP contribution in [-0.2, 0) is 11.2 Å². The Balaban J connectivity index is 1.82. The summed E-state index contributed by atoms with van der Waals surface area (Å²) in [6.45, 7) is 1.88. The van der Waals surface area contributed by atoms with Gasteiger partial charge in [-0.25, -0.2) is 4.39 Å². The molecule has 0 spiro atoms. The number of nitrogens with zero attached hydrogens (tertiary/aromatic N) is 1. The van der Waals surface area contributed by atoms with Gasteiger partial charge in [-0.15, -0.1) is 0 Å². The number of hydrogen-bond acceptors (Lipinski definition) is 2. The zero-order valence-corrected chi connectivity index (χ0v) is 13.1. The lowest BCUT2D eigenvalue weighted by molar-refractivity contribution is -0.137. The van der Waals surface area contributed by atoms with E-state index in [1.54, 1.807) is 12.1 Å². The lowest BCUT2D eigenvalue weighted by atomic mass is 10.1. The maximum Gasteiger partial charge on any atom is 0.303 e. The van der Waals surface area contributed by atoms with Gasteiger partial charge in [-0.1, -0.05) is 25.0 Å². The van der Waals surface area contributed by atoms with Crippen LogP contribution >= 0.6 is 0 Å². The molecule has 22 heavy (non-hydrogen) atoms. The summed E-state index contributed by atoms with van der Waals surface area (Å²) in [7, 11) is 0. The fourth-order valence-electron chi connectivity index (χ4n) is 3.30. The lowest BCUT2D eigenvalue weighted by Gasteiger charge is -2.29. The Morgan fingerprint density at radius 2 is 2.00 bits per heavy atom. The second kappa shape index (κ2) is 8.89. The molecule has 0 heterocycles. The van der Waals surface area contributed by atoms with Crippen molar-refractivity contribution in [2.24, 2.45) is 0 Å². The second-order valence-electron chi connectivity index (χ2n) is 6.21. The number of carbonyl (C=O) groups is 1. The monoisotopic (exact) mass is 307 g/mol. The minimum absolute atomic E-state index is 0.175. The van der Waals surface area contributed by atoms with Crippen LogP contribution < -0.4 is 0 Å². The summed E-state index contributed by atoms with van der Waals surface area (Å²) in [5, 5.41) is 8.72. The molecule has 1 saturated carbocycles. The molecule has 0 aromatic heterocycles. The number of halogens is 1. The molecule has 0 atom stereocenters. The van der Waals surface area contributed by atoms with Gasteiger partial charge in [0.1, 0.15) is 5.82 Å². The van der Waals surface area contributed by atoms with E-state index >= 15 is 0 Å². The first kappa shape index (κ1) is 16.9. The van der Waals surface area contributed by atoms with Gasteiger partial charge in [-0.05, 0) is 56.3 Å². The molecular weight excluding hydrogens is 281 g/mol. The van der Waals surface area contributed by atoms with Crippen LogP contribution in [0.3, 0.4) is 0 Å². The molecule has 2 rings (SSSR count). The standard InChI is InChI=1S/C18H26FNO2/c19-16-7-5-6-15(14-16)11-13-20(17-8-1-2-9-17)12-4-3-10-18(21)22/h5-7,14,17H,1-4,8-13H2,(H,21,22). The predicted molar refractivity (Wildman–Crippen MR) is 85.4 cm³/mol. The van der Waals surface area contributed by atoms with E-state index in [2.05, 4.69) is 4.90 Å². The minimum atomic E-state index is -0.716. The normalized spacial score (nSPS) is 15.5. The zero-order chi connectivity index (χ0) is 15.8. The average Bonchev–Trinajstić information content (AvgIpc) is 3.00. The molecule has 1 aliphatic carbocycles. The van der Waals surface area contributed by atoms with Crippen molar-refractivity contribution in [1.82, 2.24) is 4.90 Å². The molecule has 1 N–H and O–H groups in total. The third-order valence-corrected chi connectivity index (χ3v) is 4.50. The van der Waals surface area contributed by atoms with Gasteiger partial charge in [0, 0.05) is 19.0 Å². The Labute approximate surface area is 132 Å². The molecule has 4 heteroatoms. The van der Waals surface area contributed by atoms with Gasteiger partial charge >= 0.3 is 5.97 Å². The highest BCUT2D eigenvalue weighted by Gasteiger charge is 2.21. The summed E-state index contributed by atoms with van der Waals surface area (Å²) < 4.78 is 13.2. The summed E-state index contributed by atoms with van der Waals surface area (Å²) in [5.41, 5.74) is 1.04. The van der Waals surface area contributed by atoms with Gasteiger partial charge in [0.2, 0.25) is 0 Å². The van der Waals surface area contributed by atoms with E-state index in [0.717, 1.165) is 37.9 Å². The van der Waals surface area contributed by atoms with E-state index < -0.39 is 5.97 Å². The third kappa shape index (κ3) is 5.76. The number of carboxylic acid groups (broad SMARTS) is 1. The minimum Gasteiger partial charge on any atom is -0.481 e. The Bertz CT molecular complexity index is 472. The molecule has 0 saturated heterocycles. The zero-order valence-electron chi connectivity index (χ0n) is 13.1. The quantitative estimate of drug-likeness (QED) is 0.704. The Morgan fingerprint density at radius 3 is 2.68 bits per heavy atom. The molecule has 0 unspecified atom stereocenters. The molecule has 3 nitrogen and oxygen atoms in total. The van der Waals surface area contributed by atoms with Crippen LogP contribution in [0.5, 0.6) is 0 Å². The van der Waals surface area contributed by atoms with E-state index in [0.29, 0.717) is 6.04 Å². The van der Waals surface area contributed by atoms with Crippen molar-refractivity contribution in [3.05, 3.63) is 35.6 Å². The fraction of sp³-hybridized carbons (Fsp3) is 0.611. The van der Waals surface area contributed by atoms with Gasteiger partial charge < -0.3 is 10.0 Å². The second-order valence-corrected chi connectivity index (χ2v) is 6.21. The van der Waals surface area contributed by atoms with Crippen molar-refractivity contribution in [1.29, 1.82) is 0 Å². The molecular formula is C18H26FNO2. The van der Waals surface area contributed by atoms with Crippen molar-refractivity contribution in [3.63, 3.8) is 0 Å². The molecule has 0 amide bonds. The van der Waals surface area contributed by atoms with E-state index in [9.17, 15) is 9.18 Å². The van der Waals surface area contributed by atoms with Crippen LogP contribution in [0, 0.1) is 5.82 Å². The number of hydrogen-bond donors (Lipinski definition) is 1. The van der Waals surface area contributed by atoms with Gasteiger partial charge in [-0.3, -0.25) is 4.79 Å². The SMILES string of the molecule is O=C(O)CCCCN(CCc1cccc(F)c1)C1CCCC1. The van der Waals surface area contributed by atoms with Crippen LogP contribution in [0.1, 0.15) is 50.5 Å². The Kier molecular flexibility index (Phi) is 6.84. The maximum atomic E-state index is 13.2. The summed E-state index contributed by atoms with van der Waals surface area (Å²) >= 11 is 0. The highest BCUT2D eigenvalue weighted by Crippen LogP contribution is 2.24. The molecule has 1 aromatic carbocycles. The lowest BCUT2D eigenvalue weighted by Crippen LogP contribution is -2.36. The summed E-state index contributed by atoms with van der Waals surface area (Å²) in [6.07, 6.45) is 7.82. The fourth-order valence-corrected chi connectivity index (χ4v) is 3.30. The first-order chi connectivity index (χ1) is 10.6. The Morgan fingerprint density at radius 1 is 1.23 bits per heavy atom. The molecule has 122 valence electrons. The summed E-state index contributed by atoms with van der Waals surface area (Å²) in [6, 6.07) is 7.44. The molecule has 0 radical (unpaired) electrons. The Hall–Kier alpha value is -1.42. The van der Waals surface area contributed by atoms with Crippen LogP contribution in [0.25, 0.3) is 0 Å². The van der Waals surface area contributed by atoms with Crippen molar-refractivity contribution in [3.8, 4) is 0 Å². The summed E-state index contributed by atoms with van der Waals surface area (Å²) in [4.78, 5) is 13.1. The van der Waals surface area contributed by atoms with Crippen LogP contribution in [0.15, 0.2) is 24.3 Å².